The Balaban J connectivity index is 1.77. The van der Waals surface area contributed by atoms with E-state index in [1.807, 2.05) is 0 Å². The number of halogens is 2. The van der Waals surface area contributed by atoms with Crippen LogP contribution in [0.5, 0.6) is 5.75 Å². The van der Waals surface area contributed by atoms with Crippen molar-refractivity contribution in [2.24, 2.45) is 11.3 Å². The van der Waals surface area contributed by atoms with Crippen molar-refractivity contribution in [3.63, 3.8) is 0 Å². The van der Waals surface area contributed by atoms with E-state index in [2.05, 4.69) is 0 Å². The molecular formula is C16H19F2NO5S. The Bertz CT molecular complexity index is 752. The van der Waals surface area contributed by atoms with E-state index in [1.165, 1.54) is 28.6 Å². The molecule has 1 aliphatic heterocycles. The number of hydrogen-bond acceptors (Lipinski definition) is 4. The van der Waals surface area contributed by atoms with Crippen molar-refractivity contribution in [3.05, 3.63) is 24.3 Å². The highest BCUT2D eigenvalue weighted by molar-refractivity contribution is 7.89. The monoisotopic (exact) mass is 375 g/mol. The number of carboxylic acids is 1. The van der Waals surface area contributed by atoms with Crippen LogP contribution in [0.1, 0.15) is 19.3 Å². The maximum atomic E-state index is 12.8. The van der Waals surface area contributed by atoms with E-state index < -0.39 is 34.4 Å². The average molecular weight is 375 g/mol. The van der Waals surface area contributed by atoms with Gasteiger partial charge in [0.25, 0.3) is 6.43 Å². The van der Waals surface area contributed by atoms with Crippen LogP contribution in [0.25, 0.3) is 0 Å². The molecule has 1 saturated heterocycles. The van der Waals surface area contributed by atoms with E-state index in [4.69, 9.17) is 4.74 Å². The van der Waals surface area contributed by atoms with Gasteiger partial charge in [0.2, 0.25) is 10.0 Å². The van der Waals surface area contributed by atoms with Gasteiger partial charge in [-0.3, -0.25) is 4.79 Å². The molecule has 0 bridgehead atoms. The predicted molar refractivity (Wildman–Crippen MR) is 84.1 cm³/mol. The number of carboxylic acid groups (broad SMARTS) is 1. The lowest BCUT2D eigenvalue weighted by atomic mass is 9.81. The molecule has 0 spiro atoms. The van der Waals surface area contributed by atoms with Crippen molar-refractivity contribution in [2.45, 2.75) is 30.6 Å². The van der Waals surface area contributed by atoms with Gasteiger partial charge in [0.1, 0.15) is 12.4 Å². The van der Waals surface area contributed by atoms with E-state index in [0.29, 0.717) is 12.8 Å². The maximum Gasteiger partial charge on any atom is 0.311 e. The molecule has 0 radical (unpaired) electrons. The molecule has 0 aromatic heterocycles. The second kappa shape index (κ2) is 6.53. The highest BCUT2D eigenvalue weighted by Gasteiger charge is 2.57. The van der Waals surface area contributed by atoms with E-state index in [1.54, 1.807) is 0 Å². The van der Waals surface area contributed by atoms with Crippen molar-refractivity contribution < 1.29 is 31.8 Å². The molecule has 1 aromatic carbocycles. The standard InChI is InChI=1S/C16H19F2NO5S/c17-14(18)9-24-12-3-5-13(6-4-12)25(22,23)19-8-11-2-1-7-16(11,10-19)15(20)21/h3-6,11,14H,1-2,7-10H2,(H,20,21)/t11-,16+/m0/s1. The van der Waals surface area contributed by atoms with Crippen LogP contribution in [0.4, 0.5) is 8.78 Å². The summed E-state index contributed by atoms with van der Waals surface area (Å²) in [4.78, 5) is 11.7. The van der Waals surface area contributed by atoms with Crippen LogP contribution in [0.3, 0.4) is 0 Å². The quantitative estimate of drug-likeness (QED) is 0.824. The number of ether oxygens (including phenoxy) is 1. The number of carbonyl (C=O) groups is 1. The smallest absolute Gasteiger partial charge is 0.311 e. The zero-order valence-electron chi connectivity index (χ0n) is 13.4. The molecule has 0 amide bonds. The van der Waals surface area contributed by atoms with E-state index >= 15 is 0 Å². The molecule has 1 aromatic rings. The van der Waals surface area contributed by atoms with E-state index in [9.17, 15) is 27.1 Å². The van der Waals surface area contributed by atoms with Gasteiger partial charge in [-0.1, -0.05) is 6.42 Å². The van der Waals surface area contributed by atoms with Crippen molar-refractivity contribution in [1.29, 1.82) is 0 Å². The van der Waals surface area contributed by atoms with E-state index in [0.717, 1.165) is 6.42 Å². The van der Waals surface area contributed by atoms with Gasteiger partial charge in [-0.05, 0) is 43.0 Å². The number of alkyl halides is 2. The molecule has 9 heteroatoms. The lowest BCUT2D eigenvalue weighted by Gasteiger charge is -2.23. The van der Waals surface area contributed by atoms with Gasteiger partial charge in [0.15, 0.2) is 0 Å². The summed E-state index contributed by atoms with van der Waals surface area (Å²) in [5.41, 5.74) is -0.993. The van der Waals surface area contributed by atoms with Crippen LogP contribution in [-0.2, 0) is 14.8 Å². The van der Waals surface area contributed by atoms with Crippen molar-refractivity contribution >= 4 is 16.0 Å². The number of rotatable bonds is 6. The molecule has 138 valence electrons. The Morgan fingerprint density at radius 3 is 2.60 bits per heavy atom. The summed E-state index contributed by atoms with van der Waals surface area (Å²) in [5, 5.41) is 9.57. The SMILES string of the molecule is O=C(O)[C@@]12CCC[C@H]1CN(S(=O)(=O)c1ccc(OCC(F)F)cc1)C2. The van der Waals surface area contributed by atoms with Crippen LogP contribution in [-0.4, -0.2) is 49.9 Å². The van der Waals surface area contributed by atoms with Gasteiger partial charge in [-0.15, -0.1) is 0 Å². The highest BCUT2D eigenvalue weighted by Crippen LogP contribution is 2.50. The second-order valence-corrected chi connectivity index (χ2v) is 8.46. The van der Waals surface area contributed by atoms with Crippen LogP contribution >= 0.6 is 0 Å². The number of aliphatic carboxylic acids is 1. The first-order chi connectivity index (χ1) is 11.8. The fourth-order valence-corrected chi connectivity index (χ4v) is 5.35. The van der Waals surface area contributed by atoms with Crippen molar-refractivity contribution in [2.75, 3.05) is 19.7 Å². The normalized spacial score (nSPS) is 26.8. The minimum absolute atomic E-state index is 0.00240. The zero-order chi connectivity index (χ0) is 18.2. The summed E-state index contributed by atoms with van der Waals surface area (Å²) >= 11 is 0. The highest BCUT2D eigenvalue weighted by atomic mass is 32.2. The average Bonchev–Trinajstić information content (AvgIpc) is 3.12. The Morgan fingerprint density at radius 2 is 2.04 bits per heavy atom. The lowest BCUT2D eigenvalue weighted by molar-refractivity contribution is -0.149. The number of fused-ring (bicyclic) bond motifs is 1. The molecule has 3 rings (SSSR count). The molecule has 1 aliphatic carbocycles. The second-order valence-electron chi connectivity index (χ2n) is 6.52. The Hall–Kier alpha value is -1.74. The summed E-state index contributed by atoms with van der Waals surface area (Å²) in [6.07, 6.45) is -0.626. The summed E-state index contributed by atoms with van der Waals surface area (Å²) in [7, 11) is -3.83. The molecule has 2 aliphatic rings. The maximum absolute atomic E-state index is 12.8. The van der Waals surface area contributed by atoms with Gasteiger partial charge >= 0.3 is 5.97 Å². The molecule has 1 heterocycles. The van der Waals surface area contributed by atoms with Gasteiger partial charge in [-0.2, -0.15) is 4.31 Å². The minimum atomic E-state index is -3.83. The third kappa shape index (κ3) is 3.22. The topological polar surface area (TPSA) is 83.9 Å². The Kier molecular flexibility index (Phi) is 4.72. The van der Waals surface area contributed by atoms with Crippen LogP contribution in [0.2, 0.25) is 0 Å². The number of nitrogens with zero attached hydrogens (tertiary/aromatic N) is 1. The molecule has 2 fully saturated rings. The lowest BCUT2D eigenvalue weighted by Crippen LogP contribution is -2.37. The summed E-state index contributed by atoms with van der Waals surface area (Å²) < 4.78 is 55.9. The fourth-order valence-electron chi connectivity index (χ4n) is 3.79. The largest absolute Gasteiger partial charge is 0.488 e. The van der Waals surface area contributed by atoms with E-state index in [-0.39, 0.29) is 29.7 Å². The number of hydrogen-bond donors (Lipinski definition) is 1. The Labute approximate surface area is 144 Å². The van der Waals surface area contributed by atoms with Crippen LogP contribution < -0.4 is 4.74 Å². The summed E-state index contributed by atoms with van der Waals surface area (Å²) in [6.45, 7) is -0.599. The van der Waals surface area contributed by atoms with Gasteiger partial charge in [-0.25, -0.2) is 17.2 Å². The predicted octanol–water partition coefficient (Wildman–Crippen LogP) is 2.21. The summed E-state index contributed by atoms with van der Waals surface area (Å²) in [5.74, 6) is -0.962. The first-order valence-corrected chi connectivity index (χ1v) is 9.44. The first kappa shape index (κ1) is 18.1. The van der Waals surface area contributed by atoms with Gasteiger partial charge in [0.05, 0.1) is 10.3 Å². The Morgan fingerprint density at radius 1 is 1.36 bits per heavy atom. The minimum Gasteiger partial charge on any atom is -0.488 e. The molecule has 6 nitrogen and oxygen atoms in total. The van der Waals surface area contributed by atoms with Gasteiger partial charge < -0.3 is 9.84 Å². The van der Waals surface area contributed by atoms with Crippen LogP contribution in [0, 0.1) is 11.3 Å². The third-order valence-electron chi connectivity index (χ3n) is 5.10. The fraction of sp³-hybridized carbons (Fsp3) is 0.562. The molecular weight excluding hydrogens is 356 g/mol. The third-order valence-corrected chi connectivity index (χ3v) is 6.93. The molecule has 1 N–H and O–H groups in total. The van der Waals surface area contributed by atoms with Crippen LogP contribution in [0.15, 0.2) is 29.2 Å². The number of sulfonamides is 1. The molecule has 2 atom stereocenters. The van der Waals surface area contributed by atoms with Crippen molar-refractivity contribution in [1.82, 2.24) is 4.31 Å². The summed E-state index contributed by atoms with van der Waals surface area (Å²) in [6, 6.07) is 5.22. The zero-order valence-corrected chi connectivity index (χ0v) is 14.2. The number of benzene rings is 1. The molecule has 25 heavy (non-hydrogen) atoms. The first-order valence-electron chi connectivity index (χ1n) is 8.00. The molecule has 1 saturated carbocycles. The molecule has 0 unspecified atom stereocenters. The van der Waals surface area contributed by atoms with Gasteiger partial charge in [0, 0.05) is 13.1 Å². The van der Waals surface area contributed by atoms with Crippen molar-refractivity contribution in [3.8, 4) is 5.75 Å².